The predicted octanol–water partition coefficient (Wildman–Crippen LogP) is 3.23. The van der Waals surface area contributed by atoms with Gasteiger partial charge < -0.3 is 0 Å². The van der Waals surface area contributed by atoms with Crippen LogP contribution in [-0.4, -0.2) is 25.2 Å². The van der Waals surface area contributed by atoms with Crippen molar-refractivity contribution in [3.05, 3.63) is 57.0 Å². The number of hydrogen-bond donors (Lipinski definition) is 1. The lowest BCUT2D eigenvalue weighted by Crippen LogP contribution is -2.23. The van der Waals surface area contributed by atoms with Crippen LogP contribution in [-0.2, 0) is 6.54 Å². The first-order valence-electron chi connectivity index (χ1n) is 7.58. The third kappa shape index (κ3) is 2.69. The summed E-state index contributed by atoms with van der Waals surface area (Å²) >= 11 is 7.63. The molecule has 9 heteroatoms. The summed E-state index contributed by atoms with van der Waals surface area (Å²) in [5.41, 5.74) is 4.03. The van der Waals surface area contributed by atoms with Gasteiger partial charge in [-0.15, -0.1) is 11.3 Å². The van der Waals surface area contributed by atoms with Crippen LogP contribution >= 0.6 is 22.9 Å². The van der Waals surface area contributed by atoms with E-state index < -0.39 is 0 Å². The highest BCUT2D eigenvalue weighted by atomic mass is 35.5. The number of halogens is 1. The Morgan fingerprint density at radius 3 is 3.04 bits per heavy atom. The second kappa shape index (κ2) is 6.30. The molecule has 4 aromatic rings. The Morgan fingerprint density at radius 1 is 1.36 bits per heavy atom. The number of anilines is 1. The molecular weight excluding hydrogens is 360 g/mol. The summed E-state index contributed by atoms with van der Waals surface area (Å²) in [5.74, 6) is 0.379. The van der Waals surface area contributed by atoms with Gasteiger partial charge in [-0.3, -0.25) is 13.8 Å². The maximum Gasteiger partial charge on any atom is 0.262 e. The summed E-state index contributed by atoms with van der Waals surface area (Å²) in [5, 5.41) is 7.07. The largest absolute Gasteiger partial charge is 0.288 e. The van der Waals surface area contributed by atoms with E-state index in [1.807, 2.05) is 35.0 Å². The average Bonchev–Trinajstić information content (AvgIpc) is 3.17. The van der Waals surface area contributed by atoms with E-state index in [0.717, 1.165) is 4.96 Å². The third-order valence-electron chi connectivity index (χ3n) is 3.78. The molecule has 4 rings (SSSR count). The van der Waals surface area contributed by atoms with Crippen molar-refractivity contribution in [1.82, 2.24) is 18.9 Å². The van der Waals surface area contributed by atoms with Crippen molar-refractivity contribution in [3.63, 3.8) is 0 Å². The van der Waals surface area contributed by atoms with Crippen molar-refractivity contribution < 1.29 is 0 Å². The summed E-state index contributed by atoms with van der Waals surface area (Å²) in [7, 11) is 0. The van der Waals surface area contributed by atoms with Crippen molar-refractivity contribution in [2.24, 2.45) is 5.10 Å². The number of hydrazone groups is 1. The van der Waals surface area contributed by atoms with Gasteiger partial charge in [0.05, 0.1) is 17.1 Å². The standard InChI is InChI=1S/C16H13ClN6OS/c1-2-22-14(24)10-5-3-4-6-11(10)19-15(22)21-18-9-12-13(17)20-16-23(12)7-8-25-16/h3-9H,2H2,1H3,(H,19,21)/b18-9-. The van der Waals surface area contributed by atoms with Gasteiger partial charge in [-0.25, -0.2) is 15.4 Å². The number of thiazole rings is 1. The van der Waals surface area contributed by atoms with Gasteiger partial charge in [0.2, 0.25) is 5.95 Å². The first-order chi connectivity index (χ1) is 12.2. The lowest BCUT2D eigenvalue weighted by atomic mass is 10.2. The van der Waals surface area contributed by atoms with Crippen LogP contribution in [0, 0.1) is 0 Å². The zero-order valence-electron chi connectivity index (χ0n) is 13.2. The highest BCUT2D eigenvalue weighted by Gasteiger charge is 2.10. The monoisotopic (exact) mass is 372 g/mol. The smallest absolute Gasteiger partial charge is 0.262 e. The topological polar surface area (TPSA) is 76.6 Å². The molecule has 0 spiro atoms. The van der Waals surface area contributed by atoms with Gasteiger partial charge in [-0.2, -0.15) is 5.10 Å². The number of fused-ring (bicyclic) bond motifs is 2. The lowest BCUT2D eigenvalue weighted by molar-refractivity contribution is 0.724. The molecule has 0 radical (unpaired) electrons. The molecule has 0 saturated carbocycles. The van der Waals surface area contributed by atoms with Gasteiger partial charge in [-0.1, -0.05) is 23.7 Å². The fourth-order valence-electron chi connectivity index (χ4n) is 2.59. The van der Waals surface area contributed by atoms with Crippen LogP contribution in [0.15, 0.2) is 45.7 Å². The second-order valence-corrected chi connectivity index (χ2v) is 6.45. The fraction of sp³-hybridized carbons (Fsp3) is 0.125. The molecule has 0 amide bonds. The third-order valence-corrected chi connectivity index (χ3v) is 4.82. The van der Waals surface area contributed by atoms with E-state index in [9.17, 15) is 4.79 Å². The number of nitrogens with zero attached hydrogens (tertiary/aromatic N) is 5. The van der Waals surface area contributed by atoms with Crippen LogP contribution in [0.25, 0.3) is 15.9 Å². The number of hydrogen-bond acceptors (Lipinski definition) is 6. The molecular formula is C16H13ClN6OS. The molecule has 1 N–H and O–H groups in total. The maximum absolute atomic E-state index is 12.6. The number of imidazole rings is 1. The first-order valence-corrected chi connectivity index (χ1v) is 8.84. The van der Waals surface area contributed by atoms with E-state index in [0.29, 0.717) is 34.2 Å². The number of aromatic nitrogens is 4. The molecule has 3 heterocycles. The summed E-state index contributed by atoms with van der Waals surface area (Å²) in [6, 6.07) is 7.24. The van der Waals surface area contributed by atoms with E-state index in [4.69, 9.17) is 11.6 Å². The Kier molecular flexibility index (Phi) is 3.98. The van der Waals surface area contributed by atoms with E-state index in [2.05, 4.69) is 20.5 Å². The van der Waals surface area contributed by atoms with E-state index >= 15 is 0 Å². The molecule has 1 aromatic carbocycles. The number of nitrogens with one attached hydrogen (secondary N) is 1. The molecule has 0 bridgehead atoms. The molecule has 0 saturated heterocycles. The Labute approximate surface area is 151 Å². The maximum atomic E-state index is 12.6. The Bertz CT molecular complexity index is 1160. The van der Waals surface area contributed by atoms with Crippen molar-refractivity contribution in [1.29, 1.82) is 0 Å². The Hall–Kier alpha value is -2.71. The minimum atomic E-state index is -0.103. The molecule has 0 aliphatic heterocycles. The quantitative estimate of drug-likeness (QED) is 0.440. The molecule has 3 aromatic heterocycles. The molecule has 0 aliphatic rings. The molecule has 25 heavy (non-hydrogen) atoms. The van der Waals surface area contributed by atoms with Gasteiger partial charge in [-0.05, 0) is 19.1 Å². The van der Waals surface area contributed by atoms with Gasteiger partial charge in [0, 0.05) is 18.1 Å². The summed E-state index contributed by atoms with van der Waals surface area (Å²) in [6.45, 7) is 2.37. The van der Waals surface area contributed by atoms with E-state index in [1.165, 1.54) is 15.9 Å². The Balaban J connectivity index is 1.72. The number of para-hydroxylation sites is 1. The van der Waals surface area contributed by atoms with Gasteiger partial charge in [0.15, 0.2) is 10.1 Å². The highest BCUT2D eigenvalue weighted by molar-refractivity contribution is 7.15. The van der Waals surface area contributed by atoms with Crippen molar-refractivity contribution >= 4 is 51.0 Å². The fourth-order valence-corrected chi connectivity index (χ4v) is 3.58. The zero-order valence-corrected chi connectivity index (χ0v) is 14.8. The van der Waals surface area contributed by atoms with Crippen LogP contribution < -0.4 is 11.0 Å². The van der Waals surface area contributed by atoms with Crippen molar-refractivity contribution in [2.75, 3.05) is 5.43 Å². The summed E-state index contributed by atoms with van der Waals surface area (Å²) in [6.07, 6.45) is 3.44. The number of rotatable bonds is 4. The first kappa shape index (κ1) is 15.8. The molecule has 0 unspecified atom stereocenters. The van der Waals surface area contributed by atoms with Crippen LogP contribution in [0.3, 0.4) is 0 Å². The van der Waals surface area contributed by atoms with Crippen LogP contribution in [0.5, 0.6) is 0 Å². The van der Waals surface area contributed by atoms with E-state index in [-0.39, 0.29) is 5.56 Å². The minimum Gasteiger partial charge on any atom is -0.288 e. The highest BCUT2D eigenvalue weighted by Crippen LogP contribution is 2.19. The molecule has 0 atom stereocenters. The Morgan fingerprint density at radius 2 is 2.20 bits per heavy atom. The van der Waals surface area contributed by atoms with E-state index in [1.54, 1.807) is 18.3 Å². The second-order valence-electron chi connectivity index (χ2n) is 5.22. The lowest BCUT2D eigenvalue weighted by Gasteiger charge is -2.10. The van der Waals surface area contributed by atoms with Crippen molar-refractivity contribution in [2.45, 2.75) is 13.5 Å². The summed E-state index contributed by atoms with van der Waals surface area (Å²) < 4.78 is 3.39. The molecule has 0 fully saturated rings. The summed E-state index contributed by atoms with van der Waals surface area (Å²) in [4.78, 5) is 22.1. The predicted molar refractivity (Wildman–Crippen MR) is 101 cm³/mol. The van der Waals surface area contributed by atoms with Gasteiger partial charge in [0.25, 0.3) is 5.56 Å². The molecule has 126 valence electrons. The SMILES string of the molecule is CCn1c(N/N=C\c2c(Cl)nc3sccn23)nc2ccccc2c1=O. The van der Waals surface area contributed by atoms with Crippen LogP contribution in [0.1, 0.15) is 12.6 Å². The van der Waals surface area contributed by atoms with Crippen LogP contribution in [0.2, 0.25) is 5.15 Å². The van der Waals surface area contributed by atoms with Gasteiger partial charge >= 0.3 is 0 Å². The zero-order chi connectivity index (χ0) is 17.4. The average molecular weight is 373 g/mol. The van der Waals surface area contributed by atoms with Crippen molar-refractivity contribution in [3.8, 4) is 0 Å². The molecule has 0 aliphatic carbocycles. The molecule has 7 nitrogen and oxygen atoms in total. The van der Waals surface area contributed by atoms with Crippen LogP contribution in [0.4, 0.5) is 5.95 Å². The van der Waals surface area contributed by atoms with Gasteiger partial charge in [0.1, 0.15) is 5.69 Å². The number of benzene rings is 1. The minimum absolute atomic E-state index is 0.103. The normalized spacial score (nSPS) is 11.8.